The third-order valence-corrected chi connectivity index (χ3v) is 2.69. The van der Waals surface area contributed by atoms with Crippen LogP contribution in [0.15, 0.2) is 48.9 Å². The van der Waals surface area contributed by atoms with Gasteiger partial charge in [-0.25, -0.2) is 4.98 Å². The summed E-state index contributed by atoms with van der Waals surface area (Å²) in [6.45, 7) is 2.00. The van der Waals surface area contributed by atoms with Crippen LogP contribution in [0.5, 0.6) is 0 Å². The van der Waals surface area contributed by atoms with E-state index in [2.05, 4.69) is 26.7 Å². The highest BCUT2D eigenvalue weighted by Gasteiger charge is 2.05. The van der Waals surface area contributed by atoms with Gasteiger partial charge in [0.1, 0.15) is 6.33 Å². The maximum Gasteiger partial charge on any atom is 0.100 e. The van der Waals surface area contributed by atoms with Gasteiger partial charge in [-0.3, -0.25) is 9.55 Å². The fourth-order valence-electron chi connectivity index (χ4n) is 1.88. The van der Waals surface area contributed by atoms with Crippen LogP contribution in [0.2, 0.25) is 0 Å². The van der Waals surface area contributed by atoms with Crippen LogP contribution in [0.4, 0.5) is 0 Å². The van der Waals surface area contributed by atoms with Gasteiger partial charge in [0.25, 0.3) is 0 Å². The standard InChI is InChI=1S/C13H11N3/c1-10-12(7-4-8-14-10)16-9-15-11-5-2-3-6-13(11)16/h2-9H,1H3. The summed E-state index contributed by atoms with van der Waals surface area (Å²) in [4.78, 5) is 8.66. The molecule has 0 bridgehead atoms. The average Bonchev–Trinajstić information content (AvgIpc) is 2.74. The quantitative estimate of drug-likeness (QED) is 0.617. The van der Waals surface area contributed by atoms with Gasteiger partial charge in [-0.2, -0.15) is 0 Å². The van der Waals surface area contributed by atoms with Crippen LogP contribution >= 0.6 is 0 Å². The lowest BCUT2D eigenvalue weighted by Crippen LogP contribution is -1.96. The van der Waals surface area contributed by atoms with Crippen molar-refractivity contribution in [3.8, 4) is 5.69 Å². The smallest absolute Gasteiger partial charge is 0.100 e. The van der Waals surface area contributed by atoms with Gasteiger partial charge >= 0.3 is 0 Å². The monoisotopic (exact) mass is 209 g/mol. The molecule has 0 saturated carbocycles. The molecule has 16 heavy (non-hydrogen) atoms. The van der Waals surface area contributed by atoms with E-state index in [0.29, 0.717) is 0 Å². The Kier molecular flexibility index (Phi) is 1.96. The van der Waals surface area contributed by atoms with Crippen molar-refractivity contribution in [3.63, 3.8) is 0 Å². The van der Waals surface area contributed by atoms with Gasteiger partial charge in [0, 0.05) is 6.20 Å². The Bertz CT molecular complexity index is 640. The highest BCUT2D eigenvalue weighted by molar-refractivity contribution is 5.77. The average molecular weight is 209 g/mol. The van der Waals surface area contributed by atoms with E-state index in [9.17, 15) is 0 Å². The molecule has 0 atom stereocenters. The van der Waals surface area contributed by atoms with Crippen LogP contribution in [0.25, 0.3) is 16.7 Å². The van der Waals surface area contributed by atoms with Crippen LogP contribution < -0.4 is 0 Å². The predicted octanol–water partition coefficient (Wildman–Crippen LogP) is 2.73. The van der Waals surface area contributed by atoms with E-state index in [4.69, 9.17) is 0 Å². The van der Waals surface area contributed by atoms with Gasteiger partial charge in [0.15, 0.2) is 0 Å². The summed E-state index contributed by atoms with van der Waals surface area (Å²) in [5.41, 5.74) is 4.20. The molecule has 3 nitrogen and oxygen atoms in total. The first kappa shape index (κ1) is 9.09. The van der Waals surface area contributed by atoms with Crippen molar-refractivity contribution in [1.82, 2.24) is 14.5 Å². The summed E-state index contributed by atoms with van der Waals surface area (Å²) < 4.78 is 2.07. The SMILES string of the molecule is Cc1ncccc1-n1cnc2ccccc21. The third-order valence-electron chi connectivity index (χ3n) is 2.69. The second kappa shape index (κ2) is 3.45. The summed E-state index contributed by atoms with van der Waals surface area (Å²) >= 11 is 0. The molecule has 1 aromatic carbocycles. The zero-order chi connectivity index (χ0) is 11.0. The largest absolute Gasteiger partial charge is 0.297 e. The molecule has 0 unspecified atom stereocenters. The van der Waals surface area contributed by atoms with E-state index in [1.54, 1.807) is 6.20 Å². The van der Waals surface area contributed by atoms with E-state index in [-0.39, 0.29) is 0 Å². The number of fused-ring (bicyclic) bond motifs is 1. The number of pyridine rings is 1. The lowest BCUT2D eigenvalue weighted by atomic mass is 10.3. The molecule has 0 N–H and O–H groups in total. The third kappa shape index (κ3) is 1.29. The molecule has 2 aromatic heterocycles. The van der Waals surface area contributed by atoms with Gasteiger partial charge in [0.05, 0.1) is 22.4 Å². The summed E-state index contributed by atoms with van der Waals surface area (Å²) in [5.74, 6) is 0. The number of imidazole rings is 1. The van der Waals surface area contributed by atoms with Gasteiger partial charge in [-0.05, 0) is 31.2 Å². The number of hydrogen-bond acceptors (Lipinski definition) is 2. The molecule has 0 fully saturated rings. The number of aromatic nitrogens is 3. The van der Waals surface area contributed by atoms with Crippen molar-refractivity contribution >= 4 is 11.0 Å². The Morgan fingerprint density at radius 2 is 1.88 bits per heavy atom. The van der Waals surface area contributed by atoms with Crippen LogP contribution in [0.3, 0.4) is 0 Å². The van der Waals surface area contributed by atoms with Crippen molar-refractivity contribution in [2.75, 3.05) is 0 Å². The summed E-state index contributed by atoms with van der Waals surface area (Å²) in [6, 6.07) is 12.1. The Morgan fingerprint density at radius 1 is 1.00 bits per heavy atom. The maximum atomic E-state index is 4.37. The second-order valence-electron chi connectivity index (χ2n) is 3.71. The molecule has 78 valence electrons. The fourth-order valence-corrected chi connectivity index (χ4v) is 1.88. The maximum absolute atomic E-state index is 4.37. The molecular formula is C13H11N3. The summed E-state index contributed by atoms with van der Waals surface area (Å²) in [6.07, 6.45) is 3.65. The molecule has 2 heterocycles. The highest BCUT2D eigenvalue weighted by atomic mass is 15.1. The molecule has 0 aliphatic heterocycles. The van der Waals surface area contributed by atoms with E-state index in [0.717, 1.165) is 22.4 Å². The molecule has 0 saturated heterocycles. The zero-order valence-electron chi connectivity index (χ0n) is 8.96. The zero-order valence-corrected chi connectivity index (χ0v) is 8.96. The molecular weight excluding hydrogens is 198 g/mol. The molecule has 0 amide bonds. The van der Waals surface area contributed by atoms with Gasteiger partial charge in [-0.15, -0.1) is 0 Å². The van der Waals surface area contributed by atoms with Crippen molar-refractivity contribution in [2.24, 2.45) is 0 Å². The molecule has 0 radical (unpaired) electrons. The summed E-state index contributed by atoms with van der Waals surface area (Å²) in [5, 5.41) is 0. The van der Waals surface area contributed by atoms with Crippen molar-refractivity contribution < 1.29 is 0 Å². The summed E-state index contributed by atoms with van der Waals surface area (Å²) in [7, 11) is 0. The van der Waals surface area contributed by atoms with Crippen molar-refractivity contribution in [1.29, 1.82) is 0 Å². The van der Waals surface area contributed by atoms with Crippen LogP contribution in [0.1, 0.15) is 5.69 Å². The first-order valence-corrected chi connectivity index (χ1v) is 5.20. The molecule has 0 aliphatic rings. The minimum atomic E-state index is 1.01. The minimum absolute atomic E-state index is 1.01. The molecule has 3 aromatic rings. The number of hydrogen-bond donors (Lipinski definition) is 0. The number of para-hydroxylation sites is 2. The fraction of sp³-hybridized carbons (Fsp3) is 0.0769. The van der Waals surface area contributed by atoms with Crippen LogP contribution in [-0.4, -0.2) is 14.5 Å². The predicted molar refractivity (Wildman–Crippen MR) is 63.6 cm³/mol. The number of rotatable bonds is 1. The second-order valence-corrected chi connectivity index (χ2v) is 3.71. The van der Waals surface area contributed by atoms with Gasteiger partial charge < -0.3 is 0 Å². The normalized spacial score (nSPS) is 10.8. The Morgan fingerprint density at radius 3 is 2.75 bits per heavy atom. The topological polar surface area (TPSA) is 30.7 Å². The van der Waals surface area contributed by atoms with Crippen LogP contribution in [-0.2, 0) is 0 Å². The van der Waals surface area contributed by atoms with E-state index < -0.39 is 0 Å². The molecule has 3 rings (SSSR count). The van der Waals surface area contributed by atoms with E-state index in [1.807, 2.05) is 37.5 Å². The molecule has 3 heteroatoms. The van der Waals surface area contributed by atoms with Gasteiger partial charge in [-0.1, -0.05) is 12.1 Å². The van der Waals surface area contributed by atoms with E-state index in [1.165, 1.54) is 0 Å². The first-order chi connectivity index (χ1) is 7.86. The lowest BCUT2D eigenvalue weighted by molar-refractivity contribution is 1.03. The molecule has 0 aliphatic carbocycles. The van der Waals surface area contributed by atoms with Gasteiger partial charge in [0.2, 0.25) is 0 Å². The van der Waals surface area contributed by atoms with Crippen molar-refractivity contribution in [3.05, 3.63) is 54.6 Å². The lowest BCUT2D eigenvalue weighted by Gasteiger charge is -2.06. The Balaban J connectivity index is 2.31. The minimum Gasteiger partial charge on any atom is -0.297 e. The molecule has 0 spiro atoms. The highest BCUT2D eigenvalue weighted by Crippen LogP contribution is 2.18. The van der Waals surface area contributed by atoms with Crippen molar-refractivity contribution in [2.45, 2.75) is 6.92 Å². The Labute approximate surface area is 93.4 Å². The number of benzene rings is 1. The Hall–Kier alpha value is -2.16. The van der Waals surface area contributed by atoms with E-state index >= 15 is 0 Å². The number of aryl methyl sites for hydroxylation is 1. The first-order valence-electron chi connectivity index (χ1n) is 5.20. The van der Waals surface area contributed by atoms with Crippen LogP contribution in [0, 0.1) is 6.92 Å². The number of nitrogens with zero attached hydrogens (tertiary/aromatic N) is 3.